The summed E-state index contributed by atoms with van der Waals surface area (Å²) in [5.74, 6) is 1.62. The Balaban J connectivity index is 1.49. The standard InChI is InChI=1S/C16H15N5O2S/c1-2-4-12-11(3-1)9-13(23-12)15-19-21-14(17-18-16(21)24-15)10-20-5-7-22-8-6-20/h1-4,9H,5-8,10H2. The third-order valence-electron chi connectivity index (χ3n) is 4.16. The minimum absolute atomic E-state index is 0.730. The number of hydrogen-bond acceptors (Lipinski definition) is 7. The van der Waals surface area contributed by atoms with E-state index in [9.17, 15) is 0 Å². The van der Waals surface area contributed by atoms with Crippen LogP contribution in [0.2, 0.25) is 0 Å². The summed E-state index contributed by atoms with van der Waals surface area (Å²) in [5, 5.41) is 15.1. The SMILES string of the molecule is c1ccc2oc(-c3nn4c(CN5CCOCC5)nnc4s3)cc2c1. The van der Waals surface area contributed by atoms with Gasteiger partial charge in [0.15, 0.2) is 16.6 Å². The highest BCUT2D eigenvalue weighted by molar-refractivity contribution is 7.19. The highest BCUT2D eigenvalue weighted by Gasteiger charge is 2.18. The molecule has 0 radical (unpaired) electrons. The zero-order chi connectivity index (χ0) is 15.9. The molecule has 0 unspecified atom stereocenters. The van der Waals surface area contributed by atoms with Crippen molar-refractivity contribution < 1.29 is 9.15 Å². The van der Waals surface area contributed by atoms with E-state index in [0.717, 1.165) is 65.4 Å². The van der Waals surface area contributed by atoms with Crippen LogP contribution in [0.25, 0.3) is 26.7 Å². The summed E-state index contributed by atoms with van der Waals surface area (Å²) in [6.07, 6.45) is 0. The lowest BCUT2D eigenvalue weighted by atomic mass is 10.2. The molecule has 24 heavy (non-hydrogen) atoms. The number of fused-ring (bicyclic) bond motifs is 2. The molecule has 5 rings (SSSR count). The number of morpholine rings is 1. The van der Waals surface area contributed by atoms with Crippen molar-refractivity contribution in [3.05, 3.63) is 36.2 Å². The van der Waals surface area contributed by atoms with E-state index >= 15 is 0 Å². The summed E-state index contributed by atoms with van der Waals surface area (Å²) in [6.45, 7) is 4.09. The molecular weight excluding hydrogens is 326 g/mol. The number of nitrogens with zero attached hydrogens (tertiary/aromatic N) is 5. The maximum absolute atomic E-state index is 5.90. The molecule has 122 valence electrons. The van der Waals surface area contributed by atoms with Crippen molar-refractivity contribution in [2.24, 2.45) is 0 Å². The van der Waals surface area contributed by atoms with E-state index in [1.807, 2.05) is 34.8 Å². The molecule has 0 aliphatic carbocycles. The number of furan rings is 1. The van der Waals surface area contributed by atoms with Gasteiger partial charge in [-0.05, 0) is 12.1 Å². The molecule has 1 aliphatic heterocycles. The lowest BCUT2D eigenvalue weighted by Gasteiger charge is -2.25. The summed E-state index contributed by atoms with van der Waals surface area (Å²) in [6, 6.07) is 9.98. The van der Waals surface area contributed by atoms with Crippen LogP contribution in [-0.4, -0.2) is 51.0 Å². The van der Waals surface area contributed by atoms with Crippen LogP contribution in [0, 0.1) is 0 Å². The molecule has 0 spiro atoms. The van der Waals surface area contributed by atoms with Gasteiger partial charge in [-0.1, -0.05) is 29.5 Å². The average Bonchev–Trinajstić information content (AvgIpc) is 3.30. The van der Waals surface area contributed by atoms with Crippen LogP contribution in [0.5, 0.6) is 0 Å². The van der Waals surface area contributed by atoms with Crippen LogP contribution in [0.1, 0.15) is 5.82 Å². The van der Waals surface area contributed by atoms with Gasteiger partial charge in [-0.25, -0.2) is 0 Å². The monoisotopic (exact) mass is 341 g/mol. The van der Waals surface area contributed by atoms with Crippen molar-refractivity contribution in [1.82, 2.24) is 24.7 Å². The smallest absolute Gasteiger partial charge is 0.235 e. The first-order valence-corrected chi connectivity index (χ1v) is 8.69. The van der Waals surface area contributed by atoms with Gasteiger partial charge >= 0.3 is 0 Å². The maximum atomic E-state index is 5.90. The summed E-state index contributed by atoms with van der Waals surface area (Å²) < 4.78 is 13.1. The number of ether oxygens (including phenoxy) is 1. The number of rotatable bonds is 3. The van der Waals surface area contributed by atoms with Gasteiger partial charge in [-0.3, -0.25) is 4.90 Å². The predicted molar refractivity (Wildman–Crippen MR) is 90.0 cm³/mol. The van der Waals surface area contributed by atoms with Crippen molar-refractivity contribution in [2.75, 3.05) is 26.3 Å². The van der Waals surface area contributed by atoms with Crippen molar-refractivity contribution >= 4 is 27.3 Å². The van der Waals surface area contributed by atoms with Gasteiger partial charge in [0.05, 0.1) is 19.8 Å². The summed E-state index contributed by atoms with van der Waals surface area (Å²) in [7, 11) is 0. The largest absolute Gasteiger partial charge is 0.453 e. The number of benzene rings is 1. The second-order valence-corrected chi connectivity index (χ2v) is 6.71. The lowest BCUT2D eigenvalue weighted by molar-refractivity contribution is 0.0328. The zero-order valence-corrected chi connectivity index (χ0v) is 13.7. The number of aromatic nitrogens is 4. The minimum atomic E-state index is 0.730. The van der Waals surface area contributed by atoms with Crippen molar-refractivity contribution in [3.8, 4) is 10.8 Å². The molecule has 8 heteroatoms. The molecule has 1 aromatic carbocycles. The zero-order valence-electron chi connectivity index (χ0n) is 12.9. The van der Waals surface area contributed by atoms with Crippen molar-refractivity contribution in [2.45, 2.75) is 6.54 Å². The second kappa shape index (κ2) is 5.66. The second-order valence-electron chi connectivity index (χ2n) is 5.75. The van der Waals surface area contributed by atoms with E-state index in [4.69, 9.17) is 9.15 Å². The predicted octanol–water partition coefficient (Wildman–Crippen LogP) is 2.43. The number of para-hydroxylation sites is 1. The van der Waals surface area contributed by atoms with Crippen LogP contribution in [0.4, 0.5) is 0 Å². The number of hydrogen-bond donors (Lipinski definition) is 0. The van der Waals surface area contributed by atoms with Gasteiger partial charge in [-0.2, -0.15) is 4.52 Å². The van der Waals surface area contributed by atoms with Gasteiger partial charge in [0.2, 0.25) is 4.96 Å². The molecule has 1 aliphatic rings. The summed E-state index contributed by atoms with van der Waals surface area (Å²) in [5.41, 5.74) is 0.868. The first kappa shape index (κ1) is 14.1. The van der Waals surface area contributed by atoms with E-state index in [2.05, 4.69) is 20.2 Å². The van der Waals surface area contributed by atoms with Crippen LogP contribution in [0.15, 0.2) is 34.7 Å². The fourth-order valence-electron chi connectivity index (χ4n) is 2.90. The molecule has 0 saturated carbocycles. The first-order valence-electron chi connectivity index (χ1n) is 7.87. The molecule has 7 nitrogen and oxygen atoms in total. The van der Waals surface area contributed by atoms with Crippen LogP contribution in [0.3, 0.4) is 0 Å². The highest BCUT2D eigenvalue weighted by atomic mass is 32.1. The Morgan fingerprint density at radius 3 is 2.88 bits per heavy atom. The topological polar surface area (TPSA) is 68.7 Å². The Bertz CT molecular complexity index is 965. The van der Waals surface area contributed by atoms with Crippen LogP contribution < -0.4 is 0 Å². The Morgan fingerprint density at radius 1 is 1.12 bits per heavy atom. The molecule has 0 bridgehead atoms. The summed E-state index contributed by atoms with van der Waals surface area (Å²) >= 11 is 1.49. The summed E-state index contributed by atoms with van der Waals surface area (Å²) in [4.78, 5) is 3.09. The molecule has 1 fully saturated rings. The lowest BCUT2D eigenvalue weighted by Crippen LogP contribution is -2.36. The molecule has 0 N–H and O–H groups in total. The molecule has 4 aromatic rings. The minimum Gasteiger partial charge on any atom is -0.453 e. The Hall–Kier alpha value is -2.29. The van der Waals surface area contributed by atoms with Crippen molar-refractivity contribution in [3.63, 3.8) is 0 Å². The van der Waals surface area contributed by atoms with Crippen LogP contribution >= 0.6 is 11.3 Å². The van der Waals surface area contributed by atoms with E-state index < -0.39 is 0 Å². The molecule has 0 amide bonds. The Kier molecular flexibility index (Phi) is 3.32. The van der Waals surface area contributed by atoms with Gasteiger partial charge < -0.3 is 9.15 Å². The molecule has 0 atom stereocenters. The highest BCUT2D eigenvalue weighted by Crippen LogP contribution is 2.30. The molecule has 3 aromatic heterocycles. The Morgan fingerprint density at radius 2 is 2.00 bits per heavy atom. The van der Waals surface area contributed by atoms with Crippen LogP contribution in [-0.2, 0) is 11.3 Å². The normalized spacial score (nSPS) is 16.3. The molecular formula is C16H15N5O2S. The first-order chi connectivity index (χ1) is 11.9. The van der Waals surface area contributed by atoms with E-state index in [0.29, 0.717) is 0 Å². The molecule has 1 saturated heterocycles. The molecule has 4 heterocycles. The van der Waals surface area contributed by atoms with E-state index in [1.54, 1.807) is 0 Å². The Labute approximate surface area is 141 Å². The van der Waals surface area contributed by atoms with Crippen molar-refractivity contribution in [1.29, 1.82) is 0 Å². The van der Waals surface area contributed by atoms with Gasteiger partial charge in [-0.15, -0.1) is 15.3 Å². The quantitative estimate of drug-likeness (QED) is 0.570. The van der Waals surface area contributed by atoms with E-state index in [1.165, 1.54) is 11.3 Å². The fraction of sp³-hybridized carbons (Fsp3) is 0.312. The van der Waals surface area contributed by atoms with E-state index in [-0.39, 0.29) is 0 Å². The van der Waals surface area contributed by atoms with Gasteiger partial charge in [0.25, 0.3) is 0 Å². The van der Waals surface area contributed by atoms with Gasteiger partial charge in [0, 0.05) is 18.5 Å². The fourth-order valence-corrected chi connectivity index (χ4v) is 3.71. The maximum Gasteiger partial charge on any atom is 0.235 e. The third-order valence-corrected chi connectivity index (χ3v) is 5.07. The van der Waals surface area contributed by atoms with Gasteiger partial charge in [0.1, 0.15) is 5.58 Å². The third kappa shape index (κ3) is 2.39. The average molecular weight is 341 g/mol.